The maximum Gasteiger partial charge on any atom is 0.410 e. The summed E-state index contributed by atoms with van der Waals surface area (Å²) in [7, 11) is 1.62. The van der Waals surface area contributed by atoms with Crippen molar-refractivity contribution in [2.45, 2.75) is 32.4 Å². The van der Waals surface area contributed by atoms with Gasteiger partial charge in [0.2, 0.25) is 9.05 Å². The number of hydrogen-bond acceptors (Lipinski definition) is 5. The number of nitrogens with zero attached hydrogens (tertiary/aromatic N) is 1. The molecule has 0 spiro atoms. The molecular formula is C15H20ClNO5S. The Hall–Kier alpha value is -1.47. The monoisotopic (exact) mass is 361 g/mol. The molecular weight excluding hydrogens is 342 g/mol. The van der Waals surface area contributed by atoms with Crippen LogP contribution in [-0.4, -0.2) is 43.9 Å². The molecule has 1 aliphatic rings. The lowest BCUT2D eigenvalue weighted by atomic mass is 10.1. The van der Waals surface area contributed by atoms with E-state index in [4.69, 9.17) is 20.2 Å². The Labute approximate surface area is 140 Å². The molecule has 6 nitrogen and oxygen atoms in total. The van der Waals surface area contributed by atoms with E-state index in [1.54, 1.807) is 45.0 Å². The van der Waals surface area contributed by atoms with Gasteiger partial charge in [0.1, 0.15) is 18.0 Å². The molecule has 1 aliphatic heterocycles. The predicted octanol–water partition coefficient (Wildman–Crippen LogP) is 2.93. The first-order valence-corrected chi connectivity index (χ1v) is 9.68. The number of hydrogen-bond donors (Lipinski definition) is 0. The molecule has 8 heteroatoms. The van der Waals surface area contributed by atoms with Crippen molar-refractivity contribution < 1.29 is 22.7 Å². The van der Waals surface area contributed by atoms with Crippen LogP contribution in [0.4, 0.5) is 4.79 Å². The average Bonchev–Trinajstić information content (AvgIpc) is 2.55. The van der Waals surface area contributed by atoms with Crippen molar-refractivity contribution in [3.05, 3.63) is 29.8 Å². The van der Waals surface area contributed by atoms with Crippen molar-refractivity contribution in [2.75, 3.05) is 18.9 Å². The second kappa shape index (κ2) is 6.57. The summed E-state index contributed by atoms with van der Waals surface area (Å²) in [6, 6.07) is 6.25. The minimum Gasteiger partial charge on any atom is -0.491 e. The molecule has 1 atom stereocenters. The smallest absolute Gasteiger partial charge is 0.410 e. The Morgan fingerprint density at radius 2 is 2.04 bits per heavy atom. The normalized spacial score (nSPS) is 18.6. The minimum atomic E-state index is -3.83. The first-order chi connectivity index (χ1) is 10.6. The van der Waals surface area contributed by atoms with E-state index in [-0.39, 0.29) is 13.2 Å². The van der Waals surface area contributed by atoms with Gasteiger partial charge in [-0.1, -0.05) is 18.2 Å². The third-order valence-electron chi connectivity index (χ3n) is 3.23. The van der Waals surface area contributed by atoms with E-state index in [2.05, 4.69) is 0 Å². The SMILES string of the molecule is CC(C)(C)OC(=O)N1CCOc2ccccc2C1CS(=O)(=O)Cl. The zero-order valence-electron chi connectivity index (χ0n) is 13.3. The highest BCUT2D eigenvalue weighted by atomic mass is 35.7. The van der Waals surface area contributed by atoms with E-state index in [0.29, 0.717) is 11.3 Å². The van der Waals surface area contributed by atoms with Gasteiger partial charge < -0.3 is 9.47 Å². The van der Waals surface area contributed by atoms with Crippen LogP contribution in [0.15, 0.2) is 24.3 Å². The molecule has 0 bridgehead atoms. The third-order valence-corrected chi connectivity index (χ3v) is 4.32. The van der Waals surface area contributed by atoms with Gasteiger partial charge in [-0.2, -0.15) is 0 Å². The van der Waals surface area contributed by atoms with E-state index in [1.165, 1.54) is 4.90 Å². The molecule has 1 heterocycles. The molecule has 0 aliphatic carbocycles. The largest absolute Gasteiger partial charge is 0.491 e. The van der Waals surface area contributed by atoms with Gasteiger partial charge in [0.25, 0.3) is 0 Å². The number of carbonyl (C=O) groups is 1. The second-order valence-corrected chi connectivity index (χ2v) is 9.10. The topological polar surface area (TPSA) is 72.9 Å². The summed E-state index contributed by atoms with van der Waals surface area (Å²) in [5, 5.41) is 0. The zero-order valence-corrected chi connectivity index (χ0v) is 14.9. The molecule has 0 radical (unpaired) electrons. The summed E-state index contributed by atoms with van der Waals surface area (Å²) in [5.41, 5.74) is -0.0891. The predicted molar refractivity (Wildman–Crippen MR) is 87.3 cm³/mol. The van der Waals surface area contributed by atoms with Gasteiger partial charge in [-0.05, 0) is 26.8 Å². The highest BCUT2D eigenvalue weighted by Crippen LogP contribution is 2.34. The molecule has 0 aromatic heterocycles. The van der Waals surface area contributed by atoms with Gasteiger partial charge in [-0.25, -0.2) is 13.2 Å². The Bertz CT molecular complexity index is 683. The summed E-state index contributed by atoms with van der Waals surface area (Å²) >= 11 is 0. The zero-order chi connectivity index (χ0) is 17.3. The second-order valence-electron chi connectivity index (χ2n) is 6.28. The van der Waals surface area contributed by atoms with Crippen molar-refractivity contribution in [1.82, 2.24) is 4.90 Å². The fraction of sp³-hybridized carbons (Fsp3) is 0.533. The van der Waals surface area contributed by atoms with Crippen LogP contribution in [0.2, 0.25) is 0 Å². The molecule has 128 valence electrons. The number of para-hydroxylation sites is 1. The molecule has 0 fully saturated rings. The number of ether oxygens (including phenoxy) is 2. The summed E-state index contributed by atoms with van der Waals surface area (Å²) in [5.74, 6) is 0.137. The van der Waals surface area contributed by atoms with Crippen LogP contribution in [0, 0.1) is 0 Å². The fourth-order valence-electron chi connectivity index (χ4n) is 2.37. The highest BCUT2D eigenvalue weighted by molar-refractivity contribution is 8.13. The van der Waals surface area contributed by atoms with Crippen molar-refractivity contribution in [3.63, 3.8) is 0 Å². The number of rotatable bonds is 2. The molecule has 1 unspecified atom stereocenters. The van der Waals surface area contributed by atoms with Gasteiger partial charge in [0, 0.05) is 16.2 Å². The quantitative estimate of drug-likeness (QED) is 0.757. The Morgan fingerprint density at radius 1 is 1.39 bits per heavy atom. The van der Waals surface area contributed by atoms with Crippen LogP contribution in [0.3, 0.4) is 0 Å². The lowest BCUT2D eigenvalue weighted by molar-refractivity contribution is 0.0170. The molecule has 0 saturated heterocycles. The number of fused-ring (bicyclic) bond motifs is 1. The van der Waals surface area contributed by atoms with Crippen molar-refractivity contribution in [1.29, 1.82) is 0 Å². The number of carbonyl (C=O) groups excluding carboxylic acids is 1. The molecule has 2 rings (SSSR count). The van der Waals surface area contributed by atoms with Gasteiger partial charge in [-0.3, -0.25) is 4.90 Å². The van der Waals surface area contributed by atoms with Crippen LogP contribution in [0.5, 0.6) is 5.75 Å². The van der Waals surface area contributed by atoms with Crippen molar-refractivity contribution >= 4 is 25.8 Å². The summed E-state index contributed by atoms with van der Waals surface area (Å²) in [6.45, 7) is 5.71. The lowest BCUT2D eigenvalue weighted by Gasteiger charge is -2.31. The lowest BCUT2D eigenvalue weighted by Crippen LogP contribution is -2.42. The standard InChI is InChI=1S/C15H20ClNO5S/c1-15(2,3)22-14(18)17-8-9-21-13-7-5-4-6-11(13)12(17)10-23(16,19)20/h4-7,12H,8-10H2,1-3H3. The summed E-state index contributed by atoms with van der Waals surface area (Å²) < 4.78 is 34.2. The summed E-state index contributed by atoms with van der Waals surface area (Å²) in [6.07, 6.45) is -0.594. The van der Waals surface area contributed by atoms with Crippen molar-refractivity contribution in [3.8, 4) is 5.75 Å². The Kier molecular flexibility index (Phi) is 5.10. The molecule has 1 aromatic carbocycles. The molecule has 0 saturated carbocycles. The van der Waals surface area contributed by atoms with E-state index in [1.807, 2.05) is 0 Å². The first kappa shape index (κ1) is 17.9. The van der Waals surface area contributed by atoms with Gasteiger partial charge in [0.05, 0.1) is 18.3 Å². The number of amides is 1. The van der Waals surface area contributed by atoms with Crippen LogP contribution < -0.4 is 4.74 Å². The number of halogens is 1. The average molecular weight is 362 g/mol. The van der Waals surface area contributed by atoms with E-state index < -0.39 is 32.5 Å². The maximum atomic E-state index is 12.5. The molecule has 1 aromatic rings. The van der Waals surface area contributed by atoms with Crippen LogP contribution in [0.1, 0.15) is 32.4 Å². The van der Waals surface area contributed by atoms with Gasteiger partial charge in [-0.15, -0.1) is 0 Å². The molecule has 23 heavy (non-hydrogen) atoms. The molecule has 0 N–H and O–H groups in total. The number of benzene rings is 1. The Morgan fingerprint density at radius 3 is 2.65 bits per heavy atom. The molecule has 1 amide bonds. The van der Waals surface area contributed by atoms with E-state index >= 15 is 0 Å². The Balaban J connectivity index is 2.41. The van der Waals surface area contributed by atoms with Crippen LogP contribution in [0.25, 0.3) is 0 Å². The minimum absolute atomic E-state index is 0.209. The van der Waals surface area contributed by atoms with Crippen LogP contribution >= 0.6 is 10.7 Å². The van der Waals surface area contributed by atoms with Crippen molar-refractivity contribution in [2.24, 2.45) is 0 Å². The maximum absolute atomic E-state index is 12.5. The van der Waals surface area contributed by atoms with E-state index in [9.17, 15) is 13.2 Å². The highest BCUT2D eigenvalue weighted by Gasteiger charge is 2.35. The fourth-order valence-corrected chi connectivity index (χ4v) is 3.47. The summed E-state index contributed by atoms with van der Waals surface area (Å²) in [4.78, 5) is 13.8. The third kappa shape index (κ3) is 5.00. The van der Waals surface area contributed by atoms with Crippen LogP contribution in [-0.2, 0) is 13.8 Å². The first-order valence-electron chi connectivity index (χ1n) is 7.20. The van der Waals surface area contributed by atoms with E-state index in [0.717, 1.165) is 0 Å². The van der Waals surface area contributed by atoms with Gasteiger partial charge >= 0.3 is 6.09 Å². The van der Waals surface area contributed by atoms with Gasteiger partial charge in [0.15, 0.2) is 0 Å².